The Morgan fingerprint density at radius 2 is 2.10 bits per heavy atom. The van der Waals surface area contributed by atoms with Crippen LogP contribution in [0.1, 0.15) is 6.92 Å². The van der Waals surface area contributed by atoms with Crippen LogP contribution in [0.15, 0.2) is 23.1 Å². The number of hydrogen-bond donors (Lipinski definition) is 2. The van der Waals surface area contributed by atoms with Crippen molar-refractivity contribution in [3.8, 4) is 0 Å². The lowest BCUT2D eigenvalue weighted by Gasteiger charge is -2.20. The number of nitrogens with one attached hydrogen (secondary N) is 1. The van der Waals surface area contributed by atoms with Crippen molar-refractivity contribution in [3.05, 3.63) is 23.2 Å². The molecule has 1 atom stereocenters. The van der Waals surface area contributed by atoms with Gasteiger partial charge in [0.15, 0.2) is 0 Å². The predicted molar refractivity (Wildman–Crippen MR) is 78.9 cm³/mol. The molecule has 0 radical (unpaired) electrons. The van der Waals surface area contributed by atoms with Crippen molar-refractivity contribution >= 4 is 33.2 Å². The third-order valence-corrected chi connectivity index (χ3v) is 5.06. The van der Waals surface area contributed by atoms with Crippen LogP contribution < -0.4 is 11.1 Å². The number of hydrogen-bond acceptors (Lipinski definition) is 4. The lowest BCUT2D eigenvalue weighted by molar-refractivity contribution is -0.124. The molecule has 0 aliphatic rings. The fourth-order valence-electron chi connectivity index (χ4n) is 1.68. The van der Waals surface area contributed by atoms with Gasteiger partial charge in [0.05, 0.1) is 15.6 Å². The maximum Gasteiger partial charge on any atom is 0.242 e. The number of anilines is 1. The summed E-state index contributed by atoms with van der Waals surface area (Å²) < 4.78 is 25.8. The summed E-state index contributed by atoms with van der Waals surface area (Å²) in [5.41, 5.74) is 5.80. The largest absolute Gasteiger partial charge is 0.397 e. The zero-order valence-electron chi connectivity index (χ0n) is 11.6. The minimum atomic E-state index is -3.70. The van der Waals surface area contributed by atoms with Crippen LogP contribution in [0.4, 0.5) is 5.69 Å². The number of amides is 1. The van der Waals surface area contributed by atoms with Crippen molar-refractivity contribution in [1.29, 1.82) is 0 Å². The van der Waals surface area contributed by atoms with E-state index >= 15 is 0 Å². The van der Waals surface area contributed by atoms with E-state index in [0.717, 1.165) is 4.31 Å². The first-order chi connectivity index (χ1) is 9.20. The highest BCUT2D eigenvalue weighted by Gasteiger charge is 2.25. The molecule has 1 aromatic rings. The molecule has 0 bridgehead atoms. The first kappa shape index (κ1) is 16.7. The van der Waals surface area contributed by atoms with E-state index < -0.39 is 15.9 Å². The maximum atomic E-state index is 12.3. The number of halogens is 1. The fraction of sp³-hybridized carbons (Fsp3) is 0.417. The molecule has 0 heterocycles. The van der Waals surface area contributed by atoms with Crippen LogP contribution in [0.2, 0.25) is 5.02 Å². The van der Waals surface area contributed by atoms with Gasteiger partial charge >= 0.3 is 0 Å². The molecule has 1 rings (SSSR count). The summed E-state index contributed by atoms with van der Waals surface area (Å²) in [6.45, 7) is 1.73. The molecule has 8 heteroatoms. The number of nitrogen functional groups attached to an aromatic ring is 1. The molecule has 0 aliphatic heterocycles. The van der Waals surface area contributed by atoms with E-state index in [1.165, 1.54) is 32.3 Å². The summed E-state index contributed by atoms with van der Waals surface area (Å²) >= 11 is 5.77. The molecule has 0 saturated carbocycles. The zero-order chi connectivity index (χ0) is 15.5. The highest BCUT2D eigenvalue weighted by Crippen LogP contribution is 2.24. The molecular formula is C12H18ClN3O3S. The van der Waals surface area contributed by atoms with Crippen LogP contribution in [-0.2, 0) is 14.8 Å². The minimum Gasteiger partial charge on any atom is -0.397 e. The number of carbonyl (C=O) groups is 1. The smallest absolute Gasteiger partial charge is 0.242 e. The molecule has 1 amide bonds. The molecule has 1 unspecified atom stereocenters. The standard InChI is InChI=1S/C12H18ClN3O3S/c1-8(12(17)15-2)7-16(3)20(18,19)9-4-5-10(13)11(14)6-9/h4-6,8H,7,14H2,1-3H3,(H,15,17). The fourth-order valence-corrected chi connectivity index (χ4v) is 3.09. The number of carbonyl (C=O) groups excluding carboxylic acids is 1. The molecule has 6 nitrogen and oxygen atoms in total. The Labute approximate surface area is 123 Å². The van der Waals surface area contributed by atoms with E-state index in [1.54, 1.807) is 6.92 Å². The molecule has 0 aliphatic carbocycles. The number of benzene rings is 1. The van der Waals surface area contributed by atoms with Crippen LogP contribution in [-0.4, -0.2) is 39.3 Å². The Kier molecular flexibility index (Phi) is 5.38. The van der Waals surface area contributed by atoms with E-state index in [2.05, 4.69) is 5.32 Å². The Hall–Kier alpha value is -1.31. The molecular weight excluding hydrogens is 302 g/mol. The first-order valence-corrected chi connectivity index (χ1v) is 7.75. The number of sulfonamides is 1. The topological polar surface area (TPSA) is 92.5 Å². The Morgan fingerprint density at radius 1 is 1.50 bits per heavy atom. The van der Waals surface area contributed by atoms with Crippen molar-refractivity contribution in [2.45, 2.75) is 11.8 Å². The average Bonchev–Trinajstić information content (AvgIpc) is 2.40. The summed E-state index contributed by atoms with van der Waals surface area (Å²) in [6, 6.07) is 4.12. The SMILES string of the molecule is CNC(=O)C(C)CN(C)S(=O)(=O)c1ccc(Cl)c(N)c1. The Morgan fingerprint density at radius 3 is 2.60 bits per heavy atom. The molecule has 20 heavy (non-hydrogen) atoms. The van der Waals surface area contributed by atoms with Gasteiger partial charge < -0.3 is 11.1 Å². The minimum absolute atomic E-state index is 0.0472. The van der Waals surface area contributed by atoms with E-state index in [4.69, 9.17) is 17.3 Å². The van der Waals surface area contributed by atoms with Crippen LogP contribution >= 0.6 is 11.6 Å². The van der Waals surface area contributed by atoms with Gasteiger partial charge in [0, 0.05) is 26.6 Å². The molecule has 0 spiro atoms. The van der Waals surface area contributed by atoms with E-state index in [9.17, 15) is 13.2 Å². The van der Waals surface area contributed by atoms with Crippen LogP contribution in [0.5, 0.6) is 0 Å². The number of nitrogens with zero attached hydrogens (tertiary/aromatic N) is 1. The van der Waals surface area contributed by atoms with Gasteiger partial charge in [-0.1, -0.05) is 18.5 Å². The third kappa shape index (κ3) is 3.62. The monoisotopic (exact) mass is 319 g/mol. The van der Waals surface area contributed by atoms with Gasteiger partial charge in [-0.3, -0.25) is 4.79 Å². The Bertz CT molecular complexity index is 604. The van der Waals surface area contributed by atoms with Gasteiger partial charge in [-0.05, 0) is 18.2 Å². The van der Waals surface area contributed by atoms with E-state index in [-0.39, 0.29) is 23.0 Å². The summed E-state index contributed by atoms with van der Waals surface area (Å²) in [7, 11) is -0.777. The molecule has 0 aromatic heterocycles. The number of nitrogens with two attached hydrogens (primary N) is 1. The summed E-state index contributed by atoms with van der Waals surface area (Å²) in [6.07, 6.45) is 0. The quantitative estimate of drug-likeness (QED) is 0.789. The Balaban J connectivity index is 2.98. The highest BCUT2D eigenvalue weighted by atomic mass is 35.5. The van der Waals surface area contributed by atoms with Crippen LogP contribution in [0.25, 0.3) is 0 Å². The third-order valence-electron chi connectivity index (χ3n) is 2.90. The molecule has 1 aromatic carbocycles. The van der Waals surface area contributed by atoms with Gasteiger partial charge in [-0.2, -0.15) is 0 Å². The predicted octanol–water partition coefficient (Wildman–Crippen LogP) is 0.925. The van der Waals surface area contributed by atoms with Gasteiger partial charge in [0.25, 0.3) is 0 Å². The molecule has 112 valence electrons. The summed E-state index contributed by atoms with van der Waals surface area (Å²) in [4.78, 5) is 11.5. The van der Waals surface area contributed by atoms with Gasteiger partial charge in [0.1, 0.15) is 0 Å². The summed E-state index contributed by atoms with van der Waals surface area (Å²) in [5, 5.41) is 2.78. The molecule has 3 N–H and O–H groups in total. The lowest BCUT2D eigenvalue weighted by Crippen LogP contribution is -2.37. The highest BCUT2D eigenvalue weighted by molar-refractivity contribution is 7.89. The van der Waals surface area contributed by atoms with Gasteiger partial charge in [0.2, 0.25) is 15.9 Å². The van der Waals surface area contributed by atoms with Gasteiger partial charge in [-0.25, -0.2) is 12.7 Å². The van der Waals surface area contributed by atoms with Crippen LogP contribution in [0.3, 0.4) is 0 Å². The van der Waals surface area contributed by atoms with Crippen LogP contribution in [0, 0.1) is 5.92 Å². The lowest BCUT2D eigenvalue weighted by atomic mass is 10.2. The van der Waals surface area contributed by atoms with Crippen molar-refractivity contribution in [1.82, 2.24) is 9.62 Å². The van der Waals surface area contributed by atoms with Crippen molar-refractivity contribution in [2.75, 3.05) is 26.4 Å². The zero-order valence-corrected chi connectivity index (χ0v) is 13.1. The second kappa shape index (κ2) is 6.43. The van der Waals surface area contributed by atoms with E-state index in [1.807, 2.05) is 0 Å². The van der Waals surface area contributed by atoms with Crippen molar-refractivity contribution in [2.24, 2.45) is 5.92 Å². The van der Waals surface area contributed by atoms with E-state index in [0.29, 0.717) is 5.02 Å². The first-order valence-electron chi connectivity index (χ1n) is 5.93. The van der Waals surface area contributed by atoms with Crippen molar-refractivity contribution in [3.63, 3.8) is 0 Å². The average molecular weight is 320 g/mol. The second-order valence-corrected chi connectivity index (χ2v) is 6.94. The number of rotatable bonds is 5. The molecule has 0 fully saturated rings. The second-order valence-electron chi connectivity index (χ2n) is 4.48. The van der Waals surface area contributed by atoms with Gasteiger partial charge in [-0.15, -0.1) is 0 Å². The maximum absolute atomic E-state index is 12.3. The summed E-state index contributed by atoms with van der Waals surface area (Å²) in [5.74, 6) is -0.674. The normalized spacial score (nSPS) is 13.2. The van der Waals surface area contributed by atoms with Crippen molar-refractivity contribution < 1.29 is 13.2 Å². The molecule has 0 saturated heterocycles.